The standard InChI is InChI=1S/C24H27ClN2O3/c25-20-7-3-18(4-8-20)24(29)19-5-9-22(10-6-19)30-17-23(28)27-15-11-21(12-16-27)26-13-1-2-14-26/h3-10,21H,1-2,11-17H2. The van der Waals surface area contributed by atoms with Gasteiger partial charge >= 0.3 is 0 Å². The highest BCUT2D eigenvalue weighted by Crippen LogP contribution is 2.22. The van der Waals surface area contributed by atoms with Crippen molar-refractivity contribution in [3.63, 3.8) is 0 Å². The zero-order valence-electron chi connectivity index (χ0n) is 17.1. The minimum atomic E-state index is -0.0739. The molecule has 30 heavy (non-hydrogen) atoms. The van der Waals surface area contributed by atoms with Gasteiger partial charge in [0, 0.05) is 35.3 Å². The second-order valence-corrected chi connectivity index (χ2v) is 8.44. The fourth-order valence-electron chi connectivity index (χ4n) is 4.29. The predicted molar refractivity (Wildman–Crippen MR) is 117 cm³/mol. The normalized spacial score (nSPS) is 17.8. The fourth-order valence-corrected chi connectivity index (χ4v) is 4.42. The lowest BCUT2D eigenvalue weighted by atomic mass is 10.0. The SMILES string of the molecule is O=C(c1ccc(Cl)cc1)c1ccc(OCC(=O)N2CCC(N3CCCC3)CC2)cc1. The van der Waals surface area contributed by atoms with Crippen LogP contribution in [0.5, 0.6) is 5.75 Å². The molecule has 0 unspecified atom stereocenters. The van der Waals surface area contributed by atoms with E-state index in [2.05, 4.69) is 4.90 Å². The van der Waals surface area contributed by atoms with Gasteiger partial charge in [0.2, 0.25) is 0 Å². The van der Waals surface area contributed by atoms with Crippen LogP contribution in [0.3, 0.4) is 0 Å². The molecule has 2 aromatic carbocycles. The summed E-state index contributed by atoms with van der Waals surface area (Å²) in [6.07, 6.45) is 4.70. The molecule has 2 aromatic rings. The number of ether oxygens (including phenoxy) is 1. The van der Waals surface area contributed by atoms with Gasteiger partial charge in [-0.2, -0.15) is 0 Å². The van der Waals surface area contributed by atoms with Gasteiger partial charge in [0.1, 0.15) is 5.75 Å². The molecule has 2 saturated heterocycles. The zero-order chi connectivity index (χ0) is 20.9. The first kappa shape index (κ1) is 20.9. The topological polar surface area (TPSA) is 49.9 Å². The lowest BCUT2D eigenvalue weighted by molar-refractivity contribution is -0.134. The van der Waals surface area contributed by atoms with Gasteiger partial charge in [-0.3, -0.25) is 9.59 Å². The number of carbonyl (C=O) groups excluding carboxylic acids is 2. The molecule has 2 fully saturated rings. The van der Waals surface area contributed by atoms with Crippen LogP contribution in [0.2, 0.25) is 5.02 Å². The van der Waals surface area contributed by atoms with Crippen molar-refractivity contribution in [1.29, 1.82) is 0 Å². The van der Waals surface area contributed by atoms with E-state index in [0.717, 1.165) is 25.9 Å². The number of rotatable bonds is 6. The molecule has 0 N–H and O–H groups in total. The van der Waals surface area contributed by atoms with Crippen LogP contribution in [0.15, 0.2) is 48.5 Å². The summed E-state index contributed by atoms with van der Waals surface area (Å²) < 4.78 is 5.67. The molecule has 0 spiro atoms. The van der Waals surface area contributed by atoms with Crippen LogP contribution in [-0.4, -0.2) is 60.3 Å². The minimum Gasteiger partial charge on any atom is -0.484 e. The Bertz CT molecular complexity index is 868. The van der Waals surface area contributed by atoms with E-state index < -0.39 is 0 Å². The number of hydrogen-bond acceptors (Lipinski definition) is 4. The van der Waals surface area contributed by atoms with Crippen LogP contribution >= 0.6 is 11.6 Å². The lowest BCUT2D eigenvalue weighted by Crippen LogP contribution is -2.47. The van der Waals surface area contributed by atoms with E-state index in [0.29, 0.717) is 27.9 Å². The Labute approximate surface area is 182 Å². The third-order valence-corrected chi connectivity index (χ3v) is 6.31. The Hall–Kier alpha value is -2.37. The number of halogens is 1. The molecule has 0 bridgehead atoms. The van der Waals surface area contributed by atoms with Gasteiger partial charge in [-0.15, -0.1) is 0 Å². The molecule has 4 rings (SSSR count). The highest BCUT2D eigenvalue weighted by atomic mass is 35.5. The first-order valence-corrected chi connectivity index (χ1v) is 11.0. The van der Waals surface area contributed by atoms with Gasteiger partial charge in [-0.05, 0) is 87.3 Å². The molecule has 2 aliphatic rings. The van der Waals surface area contributed by atoms with Crippen LogP contribution in [0.25, 0.3) is 0 Å². The maximum atomic E-state index is 12.5. The Kier molecular flexibility index (Phi) is 6.70. The molecule has 2 heterocycles. The predicted octanol–water partition coefficient (Wildman–Crippen LogP) is 4.04. The summed E-state index contributed by atoms with van der Waals surface area (Å²) in [5, 5.41) is 0.597. The second kappa shape index (κ2) is 9.63. The summed E-state index contributed by atoms with van der Waals surface area (Å²) in [4.78, 5) is 29.5. The van der Waals surface area contributed by atoms with Crippen LogP contribution < -0.4 is 4.74 Å². The van der Waals surface area contributed by atoms with E-state index in [1.54, 1.807) is 48.5 Å². The Morgan fingerprint density at radius 3 is 2.03 bits per heavy atom. The minimum absolute atomic E-state index is 0.0242. The van der Waals surface area contributed by atoms with Crippen LogP contribution in [0.4, 0.5) is 0 Å². The van der Waals surface area contributed by atoms with E-state index in [1.807, 2.05) is 4.90 Å². The molecular formula is C24H27ClN2O3. The number of amides is 1. The van der Waals surface area contributed by atoms with Crippen molar-refractivity contribution in [2.75, 3.05) is 32.8 Å². The number of likely N-dealkylation sites (tertiary alicyclic amines) is 2. The van der Waals surface area contributed by atoms with Crippen molar-refractivity contribution in [1.82, 2.24) is 9.80 Å². The second-order valence-electron chi connectivity index (χ2n) is 8.00. The van der Waals surface area contributed by atoms with Crippen molar-refractivity contribution < 1.29 is 14.3 Å². The summed E-state index contributed by atoms with van der Waals surface area (Å²) >= 11 is 5.88. The van der Waals surface area contributed by atoms with Gasteiger partial charge in [-0.1, -0.05) is 11.6 Å². The van der Waals surface area contributed by atoms with E-state index >= 15 is 0 Å². The molecule has 0 radical (unpaired) electrons. The summed E-state index contributed by atoms with van der Waals surface area (Å²) in [6, 6.07) is 14.4. The van der Waals surface area contributed by atoms with E-state index in [-0.39, 0.29) is 18.3 Å². The molecule has 2 aliphatic heterocycles. The van der Waals surface area contributed by atoms with Crippen LogP contribution in [-0.2, 0) is 4.79 Å². The first-order chi connectivity index (χ1) is 14.6. The Morgan fingerprint density at radius 1 is 0.867 bits per heavy atom. The first-order valence-electron chi connectivity index (χ1n) is 10.6. The average Bonchev–Trinajstić information content (AvgIpc) is 3.33. The Balaban J connectivity index is 1.25. The number of benzene rings is 2. The van der Waals surface area contributed by atoms with E-state index in [4.69, 9.17) is 16.3 Å². The molecular weight excluding hydrogens is 400 g/mol. The molecule has 0 aliphatic carbocycles. The van der Waals surface area contributed by atoms with Crippen LogP contribution in [0, 0.1) is 0 Å². The third kappa shape index (κ3) is 5.02. The molecule has 5 nitrogen and oxygen atoms in total. The highest BCUT2D eigenvalue weighted by molar-refractivity contribution is 6.30. The summed E-state index contributed by atoms with van der Waals surface area (Å²) in [5.41, 5.74) is 1.15. The summed E-state index contributed by atoms with van der Waals surface area (Å²) in [6.45, 7) is 4.05. The molecule has 158 valence electrons. The van der Waals surface area contributed by atoms with E-state index in [9.17, 15) is 9.59 Å². The molecule has 6 heteroatoms. The van der Waals surface area contributed by atoms with Gasteiger partial charge in [0.25, 0.3) is 5.91 Å². The summed E-state index contributed by atoms with van der Waals surface area (Å²) in [5.74, 6) is 0.536. The third-order valence-electron chi connectivity index (χ3n) is 6.06. The smallest absolute Gasteiger partial charge is 0.260 e. The Morgan fingerprint density at radius 2 is 1.43 bits per heavy atom. The van der Waals surface area contributed by atoms with Crippen molar-refractivity contribution in [3.8, 4) is 5.75 Å². The summed E-state index contributed by atoms with van der Waals surface area (Å²) in [7, 11) is 0. The average molecular weight is 427 g/mol. The van der Waals surface area contributed by atoms with Gasteiger partial charge in [0.05, 0.1) is 0 Å². The highest BCUT2D eigenvalue weighted by Gasteiger charge is 2.28. The molecule has 0 saturated carbocycles. The van der Waals surface area contributed by atoms with Crippen molar-refractivity contribution >= 4 is 23.3 Å². The molecule has 0 aromatic heterocycles. The van der Waals surface area contributed by atoms with E-state index in [1.165, 1.54) is 25.9 Å². The number of nitrogens with zero attached hydrogens (tertiary/aromatic N) is 2. The number of hydrogen-bond donors (Lipinski definition) is 0. The molecule has 1 amide bonds. The zero-order valence-corrected chi connectivity index (χ0v) is 17.8. The van der Waals surface area contributed by atoms with Crippen molar-refractivity contribution in [2.45, 2.75) is 31.7 Å². The van der Waals surface area contributed by atoms with Crippen molar-refractivity contribution in [3.05, 3.63) is 64.7 Å². The monoisotopic (exact) mass is 426 g/mol. The largest absolute Gasteiger partial charge is 0.484 e. The molecule has 0 atom stereocenters. The maximum absolute atomic E-state index is 12.5. The lowest BCUT2D eigenvalue weighted by Gasteiger charge is -2.36. The van der Waals surface area contributed by atoms with Crippen molar-refractivity contribution in [2.24, 2.45) is 0 Å². The van der Waals surface area contributed by atoms with Gasteiger partial charge in [-0.25, -0.2) is 0 Å². The fraction of sp³-hybridized carbons (Fsp3) is 0.417. The van der Waals surface area contributed by atoms with Crippen LogP contribution in [0.1, 0.15) is 41.6 Å². The number of carbonyl (C=O) groups is 2. The quantitative estimate of drug-likeness (QED) is 0.654. The maximum Gasteiger partial charge on any atom is 0.260 e. The van der Waals surface area contributed by atoms with Gasteiger partial charge < -0.3 is 14.5 Å². The number of piperidine rings is 1. The number of ketones is 1. The van der Waals surface area contributed by atoms with Gasteiger partial charge in [0.15, 0.2) is 12.4 Å².